The maximum Gasteiger partial charge on any atom is 0.329 e. The zero-order chi connectivity index (χ0) is 14.8. The van der Waals surface area contributed by atoms with Gasteiger partial charge in [0.2, 0.25) is 0 Å². The largest absolute Gasteiger partial charge is 0.480 e. The number of nitrogens with zero attached hydrogens (tertiary/aromatic N) is 1. The van der Waals surface area contributed by atoms with Gasteiger partial charge in [-0.05, 0) is 38.8 Å². The van der Waals surface area contributed by atoms with E-state index in [0.717, 1.165) is 32.4 Å². The van der Waals surface area contributed by atoms with Crippen molar-refractivity contribution in [2.45, 2.75) is 50.6 Å². The SMILES string of the molecule is CC1CCCC(NC(=O)NC2CCN(C)C2)(C(=O)O)C1. The Bertz CT molecular complexity index is 388. The second-order valence-corrected chi connectivity index (χ2v) is 6.44. The lowest BCUT2D eigenvalue weighted by atomic mass is 9.76. The van der Waals surface area contributed by atoms with Crippen LogP contribution in [0, 0.1) is 5.92 Å². The van der Waals surface area contributed by atoms with Gasteiger partial charge in [0.25, 0.3) is 0 Å². The molecule has 1 aliphatic carbocycles. The molecule has 1 heterocycles. The van der Waals surface area contributed by atoms with Gasteiger partial charge in [-0.25, -0.2) is 9.59 Å². The van der Waals surface area contributed by atoms with Crippen molar-refractivity contribution in [3.05, 3.63) is 0 Å². The number of rotatable bonds is 3. The van der Waals surface area contributed by atoms with E-state index in [2.05, 4.69) is 15.5 Å². The number of carboxylic acids is 1. The minimum atomic E-state index is -1.09. The summed E-state index contributed by atoms with van der Waals surface area (Å²) in [6, 6.07) is -0.228. The third-order valence-electron chi connectivity index (χ3n) is 4.49. The van der Waals surface area contributed by atoms with Crippen LogP contribution in [-0.4, -0.2) is 53.7 Å². The highest BCUT2D eigenvalue weighted by Crippen LogP contribution is 2.32. The summed E-state index contributed by atoms with van der Waals surface area (Å²) >= 11 is 0. The second-order valence-electron chi connectivity index (χ2n) is 6.44. The van der Waals surface area contributed by atoms with Crippen LogP contribution in [0.1, 0.15) is 39.0 Å². The third kappa shape index (κ3) is 3.42. The lowest BCUT2D eigenvalue weighted by molar-refractivity contribution is -0.146. The van der Waals surface area contributed by atoms with Gasteiger partial charge in [0.15, 0.2) is 0 Å². The number of likely N-dealkylation sites (N-methyl/N-ethyl adjacent to an activating group) is 1. The maximum atomic E-state index is 12.1. The van der Waals surface area contributed by atoms with E-state index < -0.39 is 11.5 Å². The zero-order valence-electron chi connectivity index (χ0n) is 12.3. The van der Waals surface area contributed by atoms with E-state index in [1.807, 2.05) is 14.0 Å². The Hall–Kier alpha value is -1.30. The molecule has 0 radical (unpaired) electrons. The summed E-state index contributed by atoms with van der Waals surface area (Å²) in [4.78, 5) is 25.8. The molecule has 1 aliphatic heterocycles. The molecule has 0 aromatic carbocycles. The fraction of sp³-hybridized carbons (Fsp3) is 0.857. The van der Waals surface area contributed by atoms with Gasteiger partial charge in [-0.1, -0.05) is 19.8 Å². The molecule has 3 N–H and O–H groups in total. The van der Waals surface area contributed by atoms with E-state index in [4.69, 9.17) is 0 Å². The Morgan fingerprint density at radius 1 is 1.35 bits per heavy atom. The molecule has 2 amide bonds. The second kappa shape index (κ2) is 5.99. The fourth-order valence-corrected chi connectivity index (χ4v) is 3.40. The Kier molecular flexibility index (Phi) is 4.52. The predicted molar refractivity (Wildman–Crippen MR) is 75.6 cm³/mol. The van der Waals surface area contributed by atoms with E-state index >= 15 is 0 Å². The first-order chi connectivity index (χ1) is 9.41. The summed E-state index contributed by atoms with van der Waals surface area (Å²) < 4.78 is 0. The standard InChI is InChI=1S/C14H25N3O3/c1-10-4-3-6-14(8-10,12(18)19)16-13(20)15-11-5-7-17(2)9-11/h10-11H,3-9H2,1-2H3,(H,18,19)(H2,15,16,20). The van der Waals surface area contributed by atoms with Crippen LogP contribution < -0.4 is 10.6 Å². The molecule has 6 heteroatoms. The highest BCUT2D eigenvalue weighted by atomic mass is 16.4. The topological polar surface area (TPSA) is 81.7 Å². The lowest BCUT2D eigenvalue weighted by Crippen LogP contribution is -2.60. The van der Waals surface area contributed by atoms with Gasteiger partial charge in [0.05, 0.1) is 0 Å². The minimum absolute atomic E-state index is 0.117. The molecule has 2 fully saturated rings. The summed E-state index contributed by atoms with van der Waals surface area (Å²) in [6.07, 6.45) is 3.83. The number of urea groups is 1. The number of hydrogen-bond acceptors (Lipinski definition) is 3. The molecule has 2 rings (SSSR count). The molecule has 0 aromatic rings. The fourth-order valence-electron chi connectivity index (χ4n) is 3.40. The van der Waals surface area contributed by atoms with E-state index in [0.29, 0.717) is 18.8 Å². The van der Waals surface area contributed by atoms with Crippen LogP contribution in [0.4, 0.5) is 4.79 Å². The number of nitrogens with one attached hydrogen (secondary N) is 2. The summed E-state index contributed by atoms with van der Waals surface area (Å²) in [5.74, 6) is -0.583. The molecular weight excluding hydrogens is 258 g/mol. The molecule has 3 atom stereocenters. The maximum absolute atomic E-state index is 12.1. The summed E-state index contributed by atoms with van der Waals surface area (Å²) in [7, 11) is 2.02. The third-order valence-corrected chi connectivity index (χ3v) is 4.49. The van der Waals surface area contributed by atoms with Crippen molar-refractivity contribution in [2.75, 3.05) is 20.1 Å². The van der Waals surface area contributed by atoms with Crippen molar-refractivity contribution in [3.63, 3.8) is 0 Å². The molecule has 1 saturated heterocycles. The monoisotopic (exact) mass is 283 g/mol. The van der Waals surface area contributed by atoms with Crippen LogP contribution in [0.15, 0.2) is 0 Å². The van der Waals surface area contributed by atoms with E-state index in [-0.39, 0.29) is 12.1 Å². The lowest BCUT2D eigenvalue weighted by Gasteiger charge is -2.37. The van der Waals surface area contributed by atoms with Crippen molar-refractivity contribution in [3.8, 4) is 0 Å². The van der Waals surface area contributed by atoms with Gasteiger partial charge in [-0.2, -0.15) is 0 Å². The van der Waals surface area contributed by atoms with E-state index in [1.165, 1.54) is 0 Å². The van der Waals surface area contributed by atoms with Crippen LogP contribution in [0.3, 0.4) is 0 Å². The predicted octanol–water partition coefficient (Wildman–Crippen LogP) is 1.02. The summed E-state index contributed by atoms with van der Waals surface area (Å²) in [5, 5.41) is 15.1. The number of amides is 2. The van der Waals surface area contributed by atoms with Crippen LogP contribution in [0.25, 0.3) is 0 Å². The van der Waals surface area contributed by atoms with Gasteiger partial charge in [0.1, 0.15) is 5.54 Å². The van der Waals surface area contributed by atoms with Crippen molar-refractivity contribution in [2.24, 2.45) is 5.92 Å². The van der Waals surface area contributed by atoms with E-state index in [9.17, 15) is 14.7 Å². The smallest absolute Gasteiger partial charge is 0.329 e. The van der Waals surface area contributed by atoms with Gasteiger partial charge in [0, 0.05) is 12.6 Å². The number of carbonyl (C=O) groups excluding carboxylic acids is 1. The first-order valence-electron chi connectivity index (χ1n) is 7.42. The average molecular weight is 283 g/mol. The Labute approximate surface area is 119 Å². The quantitative estimate of drug-likeness (QED) is 0.722. The van der Waals surface area contributed by atoms with Crippen molar-refractivity contribution >= 4 is 12.0 Å². The zero-order valence-corrected chi connectivity index (χ0v) is 12.3. The molecule has 0 aromatic heterocycles. The van der Waals surface area contributed by atoms with Crippen LogP contribution in [-0.2, 0) is 4.79 Å². The van der Waals surface area contributed by atoms with E-state index in [1.54, 1.807) is 0 Å². The molecule has 1 saturated carbocycles. The Balaban J connectivity index is 1.94. The average Bonchev–Trinajstić information content (AvgIpc) is 2.74. The number of likely N-dealkylation sites (tertiary alicyclic amines) is 1. The van der Waals surface area contributed by atoms with Crippen molar-refractivity contribution in [1.82, 2.24) is 15.5 Å². The molecule has 6 nitrogen and oxygen atoms in total. The minimum Gasteiger partial charge on any atom is -0.480 e. The van der Waals surface area contributed by atoms with Crippen molar-refractivity contribution < 1.29 is 14.7 Å². The first kappa shape index (κ1) is 15.1. The molecule has 20 heavy (non-hydrogen) atoms. The van der Waals surface area contributed by atoms with Gasteiger partial charge < -0.3 is 20.6 Å². The molecule has 3 unspecified atom stereocenters. The van der Waals surface area contributed by atoms with Crippen LogP contribution in [0.2, 0.25) is 0 Å². The highest BCUT2D eigenvalue weighted by Gasteiger charge is 2.43. The number of hydrogen-bond donors (Lipinski definition) is 3. The van der Waals surface area contributed by atoms with Gasteiger partial charge in [-0.15, -0.1) is 0 Å². The molecule has 0 bridgehead atoms. The summed E-state index contributed by atoms with van der Waals surface area (Å²) in [6.45, 7) is 3.83. The number of aliphatic carboxylic acids is 1. The van der Waals surface area contributed by atoms with Gasteiger partial charge >= 0.3 is 12.0 Å². The number of carboxylic acid groups (broad SMARTS) is 1. The first-order valence-corrected chi connectivity index (χ1v) is 7.42. The van der Waals surface area contributed by atoms with Crippen LogP contribution in [0.5, 0.6) is 0 Å². The van der Waals surface area contributed by atoms with Crippen molar-refractivity contribution in [1.29, 1.82) is 0 Å². The highest BCUT2D eigenvalue weighted by molar-refractivity contribution is 5.86. The number of carbonyl (C=O) groups is 2. The van der Waals surface area contributed by atoms with Crippen LogP contribution >= 0.6 is 0 Å². The normalized spacial score (nSPS) is 34.7. The van der Waals surface area contributed by atoms with Gasteiger partial charge in [-0.3, -0.25) is 0 Å². The molecule has 2 aliphatic rings. The Morgan fingerprint density at radius 2 is 2.10 bits per heavy atom. The summed E-state index contributed by atoms with van der Waals surface area (Å²) in [5.41, 5.74) is -1.09. The molecular formula is C14H25N3O3. The molecule has 114 valence electrons. The molecule has 0 spiro atoms. The Morgan fingerprint density at radius 3 is 2.65 bits per heavy atom.